The van der Waals surface area contributed by atoms with Crippen molar-refractivity contribution in [2.75, 3.05) is 6.61 Å². The molecule has 0 aromatic heterocycles. The smallest absolute Gasteiger partial charge is 0.328 e. The third kappa shape index (κ3) is 4.11. The van der Waals surface area contributed by atoms with Crippen molar-refractivity contribution in [1.82, 2.24) is 5.32 Å². The van der Waals surface area contributed by atoms with Crippen LogP contribution >= 0.6 is 12.2 Å². The Morgan fingerprint density at radius 2 is 1.94 bits per heavy atom. The van der Waals surface area contributed by atoms with E-state index < -0.39 is 6.04 Å². The quantitative estimate of drug-likeness (QED) is 0.656. The van der Waals surface area contributed by atoms with Gasteiger partial charge in [-0.15, -0.1) is 0 Å². The van der Waals surface area contributed by atoms with Gasteiger partial charge in [0.2, 0.25) is 0 Å². The zero-order chi connectivity index (χ0) is 13.5. The maximum absolute atomic E-state index is 11.8. The largest absolute Gasteiger partial charge is 0.464 e. The van der Waals surface area contributed by atoms with Crippen LogP contribution in [-0.4, -0.2) is 23.6 Å². The fraction of sp³-hybridized carbons (Fsp3) is 0.429. The molecular weight excluding hydrogens is 246 g/mol. The zero-order valence-corrected chi connectivity index (χ0v) is 11.8. The summed E-state index contributed by atoms with van der Waals surface area (Å²) < 4.78 is 5.04. The minimum Gasteiger partial charge on any atom is -0.464 e. The van der Waals surface area contributed by atoms with E-state index >= 15 is 0 Å². The van der Waals surface area contributed by atoms with Crippen LogP contribution in [0.25, 0.3) is 0 Å². The van der Waals surface area contributed by atoms with E-state index in [1.807, 2.05) is 44.2 Å². The lowest BCUT2D eigenvalue weighted by atomic mass is 10.0. The fourth-order valence-corrected chi connectivity index (χ4v) is 1.81. The van der Waals surface area contributed by atoms with Gasteiger partial charge in [-0.2, -0.15) is 0 Å². The maximum Gasteiger partial charge on any atom is 0.328 e. The van der Waals surface area contributed by atoms with Crippen LogP contribution in [0.4, 0.5) is 0 Å². The standard InChI is InChI=1S/C14H19NO2S/c1-4-17-14(16)12(10(2)3)15-13(18)11-8-6-5-7-9-11/h5-10,12H,4H2,1-3H3,(H,15,18)/t12-/m0/s1. The molecule has 0 bridgehead atoms. The molecule has 1 N–H and O–H groups in total. The van der Waals surface area contributed by atoms with Crippen molar-refractivity contribution in [1.29, 1.82) is 0 Å². The van der Waals surface area contributed by atoms with Gasteiger partial charge >= 0.3 is 5.97 Å². The van der Waals surface area contributed by atoms with Crippen LogP contribution in [0.1, 0.15) is 26.3 Å². The Balaban J connectivity index is 2.73. The molecule has 0 aliphatic heterocycles. The topological polar surface area (TPSA) is 38.3 Å². The highest BCUT2D eigenvalue weighted by Crippen LogP contribution is 2.07. The van der Waals surface area contributed by atoms with Crippen LogP contribution in [0.2, 0.25) is 0 Å². The second-order valence-electron chi connectivity index (χ2n) is 4.31. The van der Waals surface area contributed by atoms with E-state index in [1.165, 1.54) is 0 Å². The lowest BCUT2D eigenvalue weighted by molar-refractivity contribution is -0.146. The predicted octanol–water partition coefficient (Wildman–Crippen LogP) is 2.54. The van der Waals surface area contributed by atoms with E-state index in [2.05, 4.69) is 5.32 Å². The molecule has 0 aliphatic carbocycles. The molecule has 0 amide bonds. The SMILES string of the molecule is CCOC(=O)[C@@H](NC(=S)c1ccccc1)C(C)C. The second kappa shape index (κ2) is 7.11. The number of ether oxygens (including phenoxy) is 1. The highest BCUT2D eigenvalue weighted by molar-refractivity contribution is 7.80. The van der Waals surface area contributed by atoms with Gasteiger partial charge in [-0.05, 0) is 12.8 Å². The molecule has 3 nitrogen and oxygen atoms in total. The van der Waals surface area contributed by atoms with Crippen molar-refractivity contribution >= 4 is 23.2 Å². The minimum atomic E-state index is -0.405. The van der Waals surface area contributed by atoms with Crippen LogP contribution in [-0.2, 0) is 9.53 Å². The van der Waals surface area contributed by atoms with Gasteiger partial charge in [0.1, 0.15) is 11.0 Å². The first-order valence-electron chi connectivity index (χ1n) is 6.08. The van der Waals surface area contributed by atoms with Crippen molar-refractivity contribution < 1.29 is 9.53 Å². The van der Waals surface area contributed by atoms with E-state index in [1.54, 1.807) is 6.92 Å². The maximum atomic E-state index is 11.8. The summed E-state index contributed by atoms with van der Waals surface area (Å²) in [6.45, 7) is 6.09. The van der Waals surface area contributed by atoms with Crippen LogP contribution in [0.3, 0.4) is 0 Å². The van der Waals surface area contributed by atoms with Gasteiger partial charge in [-0.3, -0.25) is 0 Å². The summed E-state index contributed by atoms with van der Waals surface area (Å²) in [5.74, 6) is -0.142. The number of benzene rings is 1. The molecule has 18 heavy (non-hydrogen) atoms. The van der Waals surface area contributed by atoms with E-state index in [0.717, 1.165) is 5.56 Å². The van der Waals surface area contributed by atoms with Crippen LogP contribution in [0.15, 0.2) is 30.3 Å². The Bertz CT molecular complexity index is 404. The average molecular weight is 265 g/mol. The molecule has 0 heterocycles. The Hall–Kier alpha value is -1.42. The van der Waals surface area contributed by atoms with E-state index in [4.69, 9.17) is 17.0 Å². The van der Waals surface area contributed by atoms with Gasteiger partial charge < -0.3 is 10.1 Å². The second-order valence-corrected chi connectivity index (χ2v) is 4.72. The first-order valence-corrected chi connectivity index (χ1v) is 6.49. The number of rotatable bonds is 5. The molecule has 1 atom stereocenters. The Kier molecular flexibility index (Phi) is 5.78. The number of thiocarbonyl (C=S) groups is 1. The van der Waals surface area contributed by atoms with Gasteiger partial charge in [-0.1, -0.05) is 56.4 Å². The third-order valence-corrected chi connectivity index (χ3v) is 2.88. The summed E-state index contributed by atoms with van der Waals surface area (Å²) >= 11 is 5.30. The lowest BCUT2D eigenvalue weighted by Crippen LogP contribution is -2.44. The summed E-state index contributed by atoms with van der Waals surface area (Å²) in [5, 5.41) is 3.07. The number of carbonyl (C=O) groups is 1. The summed E-state index contributed by atoms with van der Waals surface area (Å²) in [6.07, 6.45) is 0. The van der Waals surface area contributed by atoms with Crippen LogP contribution in [0.5, 0.6) is 0 Å². The number of carbonyl (C=O) groups excluding carboxylic acids is 1. The number of hydrogen-bond acceptors (Lipinski definition) is 3. The lowest BCUT2D eigenvalue weighted by Gasteiger charge is -2.22. The first-order chi connectivity index (χ1) is 8.56. The number of nitrogens with one attached hydrogen (secondary N) is 1. The molecule has 0 aliphatic rings. The van der Waals surface area contributed by atoms with Gasteiger partial charge in [0.15, 0.2) is 0 Å². The van der Waals surface area contributed by atoms with E-state index in [9.17, 15) is 4.79 Å². The molecule has 0 unspecified atom stereocenters. The molecule has 1 aromatic carbocycles. The van der Waals surface area contributed by atoms with Crippen molar-refractivity contribution in [2.24, 2.45) is 5.92 Å². The molecule has 0 fully saturated rings. The van der Waals surface area contributed by atoms with Gasteiger partial charge in [0, 0.05) is 5.56 Å². The highest BCUT2D eigenvalue weighted by Gasteiger charge is 2.24. The summed E-state index contributed by atoms with van der Waals surface area (Å²) in [7, 11) is 0. The van der Waals surface area contributed by atoms with Gasteiger partial charge in [-0.25, -0.2) is 4.79 Å². The van der Waals surface area contributed by atoms with Crippen molar-refractivity contribution in [3.63, 3.8) is 0 Å². The molecule has 0 radical (unpaired) electrons. The number of esters is 1. The first kappa shape index (κ1) is 14.6. The van der Waals surface area contributed by atoms with Crippen LogP contribution in [0, 0.1) is 5.92 Å². The molecule has 0 saturated carbocycles. The summed E-state index contributed by atoms with van der Waals surface area (Å²) in [6, 6.07) is 9.18. The monoisotopic (exact) mass is 265 g/mol. The Labute approximate surface area is 114 Å². The molecular formula is C14H19NO2S. The molecule has 0 spiro atoms. The van der Waals surface area contributed by atoms with E-state index in [-0.39, 0.29) is 11.9 Å². The third-order valence-electron chi connectivity index (χ3n) is 2.53. The number of hydrogen-bond donors (Lipinski definition) is 1. The molecule has 1 rings (SSSR count). The average Bonchev–Trinajstić information content (AvgIpc) is 2.36. The van der Waals surface area contributed by atoms with Crippen molar-refractivity contribution in [3.8, 4) is 0 Å². The Morgan fingerprint density at radius 1 is 1.33 bits per heavy atom. The van der Waals surface area contributed by atoms with Crippen molar-refractivity contribution in [2.45, 2.75) is 26.8 Å². The summed E-state index contributed by atoms with van der Waals surface area (Å²) in [5.41, 5.74) is 0.905. The van der Waals surface area contributed by atoms with Gasteiger partial charge in [0.05, 0.1) is 6.61 Å². The zero-order valence-electron chi connectivity index (χ0n) is 11.0. The molecule has 98 valence electrons. The molecule has 0 saturated heterocycles. The summed E-state index contributed by atoms with van der Waals surface area (Å²) in [4.78, 5) is 12.4. The minimum absolute atomic E-state index is 0.116. The van der Waals surface area contributed by atoms with Crippen LogP contribution < -0.4 is 5.32 Å². The Morgan fingerprint density at radius 3 is 2.44 bits per heavy atom. The normalized spacial score (nSPS) is 12.0. The van der Waals surface area contributed by atoms with Gasteiger partial charge in [0.25, 0.3) is 0 Å². The molecule has 4 heteroatoms. The predicted molar refractivity (Wildman–Crippen MR) is 76.5 cm³/mol. The van der Waals surface area contributed by atoms with E-state index in [0.29, 0.717) is 11.6 Å². The molecule has 1 aromatic rings. The fourth-order valence-electron chi connectivity index (χ4n) is 1.54. The van der Waals surface area contributed by atoms with Crippen molar-refractivity contribution in [3.05, 3.63) is 35.9 Å². The highest BCUT2D eigenvalue weighted by atomic mass is 32.1.